The Kier molecular flexibility index (Phi) is 2.87. The maximum absolute atomic E-state index is 12.0. The van der Waals surface area contributed by atoms with Crippen LogP contribution in [-0.4, -0.2) is 28.2 Å². The lowest BCUT2D eigenvalue weighted by Crippen LogP contribution is -2.46. The predicted molar refractivity (Wildman–Crippen MR) is 60.4 cm³/mol. The summed E-state index contributed by atoms with van der Waals surface area (Å²) in [5, 5.41) is 0. The largest absolute Gasteiger partial charge is 0.339 e. The highest BCUT2D eigenvalue weighted by atomic mass is 79.9. The summed E-state index contributed by atoms with van der Waals surface area (Å²) in [4.78, 5) is 14.6. The Hall–Kier alpha value is -0.0500. The Morgan fingerprint density at radius 3 is 2.57 bits per heavy atom. The van der Waals surface area contributed by atoms with Crippen molar-refractivity contribution in [3.63, 3.8) is 0 Å². The third kappa shape index (κ3) is 1.97. The molecule has 0 aromatic heterocycles. The van der Waals surface area contributed by atoms with E-state index in [1.165, 1.54) is 6.42 Å². The summed E-state index contributed by atoms with van der Waals surface area (Å²) < 4.78 is 0. The second-order valence-electron chi connectivity index (χ2n) is 4.83. The van der Waals surface area contributed by atoms with Gasteiger partial charge in [-0.05, 0) is 32.1 Å². The van der Waals surface area contributed by atoms with E-state index in [1.807, 2.05) is 0 Å². The molecule has 1 saturated carbocycles. The van der Waals surface area contributed by atoms with Crippen molar-refractivity contribution in [3.05, 3.63) is 0 Å². The third-order valence-corrected chi connectivity index (χ3v) is 4.28. The summed E-state index contributed by atoms with van der Waals surface area (Å²) in [6.07, 6.45) is 3.45. The molecule has 2 nitrogen and oxygen atoms in total. The molecule has 0 N–H and O–H groups in total. The van der Waals surface area contributed by atoms with E-state index in [2.05, 4.69) is 34.7 Å². The Morgan fingerprint density at radius 1 is 1.36 bits per heavy atom. The van der Waals surface area contributed by atoms with Crippen LogP contribution in [0.4, 0.5) is 0 Å². The molecular formula is C11H18BrNO. The molecule has 2 fully saturated rings. The van der Waals surface area contributed by atoms with Crippen LogP contribution in [0.3, 0.4) is 0 Å². The normalized spacial score (nSPS) is 42.4. The van der Waals surface area contributed by atoms with Gasteiger partial charge < -0.3 is 4.90 Å². The summed E-state index contributed by atoms with van der Waals surface area (Å²) in [7, 11) is 0. The van der Waals surface area contributed by atoms with Crippen molar-refractivity contribution in [1.29, 1.82) is 0 Å². The highest BCUT2D eigenvalue weighted by Gasteiger charge is 2.43. The average molecular weight is 260 g/mol. The summed E-state index contributed by atoms with van der Waals surface area (Å²) >= 11 is 3.62. The fourth-order valence-corrected chi connectivity index (χ4v) is 2.83. The third-order valence-electron chi connectivity index (χ3n) is 3.53. The van der Waals surface area contributed by atoms with E-state index >= 15 is 0 Å². The average Bonchev–Trinajstić information content (AvgIpc) is 2.86. The predicted octanol–water partition coefficient (Wildman–Crippen LogP) is 2.42. The molecule has 80 valence electrons. The minimum atomic E-state index is 0.343. The maximum atomic E-state index is 12.0. The Balaban J connectivity index is 1.97. The number of hydrogen-bond acceptors (Lipinski definition) is 1. The molecular weight excluding hydrogens is 242 g/mol. The van der Waals surface area contributed by atoms with Gasteiger partial charge in [-0.1, -0.05) is 22.9 Å². The number of nitrogens with zero attached hydrogens (tertiary/aromatic N) is 1. The first-order valence-corrected chi connectivity index (χ1v) is 6.45. The molecule has 14 heavy (non-hydrogen) atoms. The van der Waals surface area contributed by atoms with Crippen molar-refractivity contribution in [3.8, 4) is 0 Å². The Morgan fingerprint density at radius 2 is 2.00 bits per heavy atom. The van der Waals surface area contributed by atoms with Crippen molar-refractivity contribution in [2.24, 2.45) is 11.8 Å². The van der Waals surface area contributed by atoms with Gasteiger partial charge in [-0.25, -0.2) is 0 Å². The molecule has 1 saturated heterocycles. The second-order valence-corrected chi connectivity index (χ2v) is 6.13. The number of hydrogen-bond donors (Lipinski definition) is 0. The highest BCUT2D eigenvalue weighted by molar-refractivity contribution is 9.09. The molecule has 0 bridgehead atoms. The molecule has 1 heterocycles. The Labute approximate surface area is 94.2 Å². The number of carbonyl (C=O) groups is 1. The van der Waals surface area contributed by atoms with E-state index in [0.717, 1.165) is 19.4 Å². The number of alkyl halides is 1. The molecule has 3 heteroatoms. The monoisotopic (exact) mass is 259 g/mol. The first-order valence-electron chi connectivity index (χ1n) is 5.54. The molecule has 0 radical (unpaired) electrons. The maximum Gasteiger partial charge on any atom is 0.226 e. The van der Waals surface area contributed by atoms with Gasteiger partial charge in [-0.15, -0.1) is 0 Å². The van der Waals surface area contributed by atoms with E-state index in [1.54, 1.807) is 0 Å². The molecule has 0 aromatic rings. The quantitative estimate of drug-likeness (QED) is 0.663. The van der Waals surface area contributed by atoms with Gasteiger partial charge in [-0.3, -0.25) is 4.79 Å². The summed E-state index contributed by atoms with van der Waals surface area (Å²) in [6.45, 7) is 5.25. The zero-order valence-electron chi connectivity index (χ0n) is 8.87. The van der Waals surface area contributed by atoms with Gasteiger partial charge in [0.1, 0.15) is 0 Å². The van der Waals surface area contributed by atoms with Gasteiger partial charge in [0.05, 0.1) is 0 Å². The zero-order valence-corrected chi connectivity index (χ0v) is 10.5. The van der Waals surface area contributed by atoms with Gasteiger partial charge in [0.15, 0.2) is 0 Å². The van der Waals surface area contributed by atoms with Crippen LogP contribution in [0.1, 0.15) is 33.1 Å². The summed E-state index contributed by atoms with van der Waals surface area (Å²) in [6, 6.07) is 0.448. The molecule has 1 aliphatic carbocycles. The molecule has 0 aromatic carbocycles. The molecule has 1 aliphatic heterocycles. The zero-order chi connectivity index (χ0) is 10.3. The number of carbonyl (C=O) groups excluding carboxylic acids is 1. The molecule has 1 amide bonds. The van der Waals surface area contributed by atoms with Crippen LogP contribution < -0.4 is 0 Å². The van der Waals surface area contributed by atoms with E-state index in [4.69, 9.17) is 0 Å². The van der Waals surface area contributed by atoms with Crippen LogP contribution in [0.5, 0.6) is 0 Å². The van der Waals surface area contributed by atoms with E-state index in [9.17, 15) is 4.79 Å². The van der Waals surface area contributed by atoms with Crippen molar-refractivity contribution in [2.75, 3.05) is 6.54 Å². The SMILES string of the molecule is CC1CC1C(=O)N1CC(Br)CCC1C. The van der Waals surface area contributed by atoms with Gasteiger partial charge >= 0.3 is 0 Å². The first-order chi connectivity index (χ1) is 6.59. The number of piperidine rings is 1. The van der Waals surface area contributed by atoms with E-state index in [0.29, 0.717) is 28.6 Å². The van der Waals surface area contributed by atoms with Crippen LogP contribution in [0.15, 0.2) is 0 Å². The van der Waals surface area contributed by atoms with Crippen LogP contribution in [0, 0.1) is 11.8 Å². The van der Waals surface area contributed by atoms with Crippen LogP contribution in [0.25, 0.3) is 0 Å². The highest BCUT2D eigenvalue weighted by Crippen LogP contribution is 2.40. The lowest BCUT2D eigenvalue weighted by Gasteiger charge is -2.36. The first kappa shape index (κ1) is 10.5. The Bertz CT molecular complexity index is 243. The van der Waals surface area contributed by atoms with Crippen molar-refractivity contribution >= 4 is 21.8 Å². The second kappa shape index (κ2) is 3.84. The fraction of sp³-hybridized carbons (Fsp3) is 0.909. The molecule has 4 atom stereocenters. The number of amides is 1. The molecule has 2 rings (SSSR count). The minimum Gasteiger partial charge on any atom is -0.339 e. The smallest absolute Gasteiger partial charge is 0.226 e. The van der Waals surface area contributed by atoms with Crippen molar-refractivity contribution in [1.82, 2.24) is 4.90 Å². The number of likely N-dealkylation sites (tertiary alicyclic amines) is 1. The lowest BCUT2D eigenvalue weighted by molar-refractivity contribution is -0.135. The fourth-order valence-electron chi connectivity index (χ4n) is 2.25. The van der Waals surface area contributed by atoms with Gasteiger partial charge in [0.2, 0.25) is 5.91 Å². The van der Waals surface area contributed by atoms with E-state index < -0.39 is 0 Å². The molecule has 2 aliphatic rings. The molecule has 0 spiro atoms. The van der Waals surface area contributed by atoms with E-state index in [-0.39, 0.29) is 0 Å². The standard InChI is InChI=1S/C11H18BrNO/c1-7-5-10(7)11(14)13-6-9(12)4-3-8(13)2/h7-10H,3-6H2,1-2H3. The van der Waals surface area contributed by atoms with Crippen molar-refractivity contribution < 1.29 is 4.79 Å². The summed E-state index contributed by atoms with van der Waals surface area (Å²) in [5.74, 6) is 1.37. The molecule has 4 unspecified atom stereocenters. The topological polar surface area (TPSA) is 20.3 Å². The number of rotatable bonds is 1. The van der Waals surface area contributed by atoms with Gasteiger partial charge in [-0.2, -0.15) is 0 Å². The minimum absolute atomic E-state index is 0.343. The van der Waals surface area contributed by atoms with Crippen LogP contribution in [0.2, 0.25) is 0 Å². The van der Waals surface area contributed by atoms with Gasteiger partial charge in [0.25, 0.3) is 0 Å². The van der Waals surface area contributed by atoms with Crippen LogP contribution >= 0.6 is 15.9 Å². The van der Waals surface area contributed by atoms with Crippen LogP contribution in [-0.2, 0) is 4.79 Å². The van der Waals surface area contributed by atoms with Gasteiger partial charge in [0, 0.05) is 23.3 Å². The lowest BCUT2D eigenvalue weighted by atomic mass is 10.0. The summed E-state index contributed by atoms with van der Waals surface area (Å²) in [5.41, 5.74) is 0. The van der Waals surface area contributed by atoms with Crippen molar-refractivity contribution in [2.45, 2.75) is 44.0 Å². The number of halogens is 1.